The third kappa shape index (κ3) is 3.08. The lowest BCUT2D eigenvalue weighted by Gasteiger charge is -2.29. The molecule has 0 unspecified atom stereocenters. The lowest BCUT2D eigenvalue weighted by Crippen LogP contribution is -2.40. The topological polar surface area (TPSA) is 53.4 Å². The summed E-state index contributed by atoms with van der Waals surface area (Å²) in [5, 5.41) is 16.5. The summed E-state index contributed by atoms with van der Waals surface area (Å²) in [5.74, 6) is 0.110. The second kappa shape index (κ2) is 6.03. The first kappa shape index (κ1) is 13.7. The maximum Gasteiger partial charge on any atom is 0.228 e. The lowest BCUT2D eigenvalue weighted by molar-refractivity contribution is -0.132. The van der Waals surface area contributed by atoms with E-state index in [1.54, 1.807) is 22.7 Å². The fourth-order valence-corrected chi connectivity index (χ4v) is 3.82. The smallest absolute Gasteiger partial charge is 0.228 e. The molecule has 0 atom stereocenters. The summed E-state index contributed by atoms with van der Waals surface area (Å²) in [4.78, 5) is 18.5. The van der Waals surface area contributed by atoms with Gasteiger partial charge in [-0.25, -0.2) is 4.98 Å². The first-order valence-electron chi connectivity index (χ1n) is 6.65. The maximum atomic E-state index is 12.2. The molecule has 4 nitrogen and oxygen atoms in total. The van der Waals surface area contributed by atoms with Crippen LogP contribution in [0.2, 0.25) is 0 Å². The van der Waals surface area contributed by atoms with Gasteiger partial charge in [-0.3, -0.25) is 4.79 Å². The molecule has 1 fully saturated rings. The Hall–Kier alpha value is -1.24. The van der Waals surface area contributed by atoms with Gasteiger partial charge in [0, 0.05) is 29.4 Å². The summed E-state index contributed by atoms with van der Waals surface area (Å²) >= 11 is 3.23. The molecule has 0 spiro atoms. The monoisotopic (exact) mass is 308 g/mol. The van der Waals surface area contributed by atoms with Gasteiger partial charge < -0.3 is 10.0 Å². The highest BCUT2D eigenvalue weighted by atomic mass is 32.1. The van der Waals surface area contributed by atoms with Gasteiger partial charge in [0.2, 0.25) is 5.91 Å². The van der Waals surface area contributed by atoms with Crippen LogP contribution in [0.1, 0.15) is 18.5 Å². The second-order valence-corrected chi connectivity index (χ2v) is 6.58. The van der Waals surface area contributed by atoms with Gasteiger partial charge in [-0.15, -0.1) is 11.3 Å². The fourth-order valence-electron chi connectivity index (χ4n) is 2.29. The van der Waals surface area contributed by atoms with Crippen molar-refractivity contribution < 1.29 is 9.90 Å². The zero-order chi connectivity index (χ0) is 13.9. The number of aliphatic hydroxyl groups excluding tert-OH is 1. The van der Waals surface area contributed by atoms with Gasteiger partial charge in [-0.05, 0) is 24.3 Å². The predicted molar refractivity (Wildman–Crippen MR) is 81.0 cm³/mol. The molecule has 3 heterocycles. The summed E-state index contributed by atoms with van der Waals surface area (Å²) < 4.78 is 0. The third-order valence-corrected chi connectivity index (χ3v) is 5.09. The number of hydrogen-bond acceptors (Lipinski definition) is 5. The van der Waals surface area contributed by atoms with Crippen molar-refractivity contribution in [2.24, 2.45) is 0 Å². The molecule has 0 aromatic carbocycles. The minimum atomic E-state index is -0.247. The van der Waals surface area contributed by atoms with Crippen LogP contribution in [0.4, 0.5) is 0 Å². The summed E-state index contributed by atoms with van der Waals surface area (Å²) in [6.07, 6.45) is 1.48. The zero-order valence-corrected chi connectivity index (χ0v) is 12.6. The van der Waals surface area contributed by atoms with Gasteiger partial charge in [-0.2, -0.15) is 11.3 Å². The Kier molecular flexibility index (Phi) is 4.14. The van der Waals surface area contributed by atoms with Crippen LogP contribution in [0.3, 0.4) is 0 Å². The normalized spacial score (nSPS) is 16.6. The third-order valence-electron chi connectivity index (χ3n) is 3.47. The molecular formula is C14H16N2O2S2. The molecule has 106 valence electrons. The summed E-state index contributed by atoms with van der Waals surface area (Å²) in [5.41, 5.74) is 1.96. The van der Waals surface area contributed by atoms with E-state index in [-0.39, 0.29) is 12.0 Å². The minimum absolute atomic E-state index is 0.110. The molecule has 0 aliphatic carbocycles. The van der Waals surface area contributed by atoms with Crippen molar-refractivity contribution in [3.8, 4) is 10.6 Å². The van der Waals surface area contributed by atoms with Crippen molar-refractivity contribution in [3.63, 3.8) is 0 Å². The van der Waals surface area contributed by atoms with Crippen molar-refractivity contribution in [1.82, 2.24) is 9.88 Å². The number of likely N-dealkylation sites (tertiary alicyclic amines) is 1. The van der Waals surface area contributed by atoms with E-state index < -0.39 is 0 Å². The van der Waals surface area contributed by atoms with Gasteiger partial charge in [-0.1, -0.05) is 0 Å². The number of piperidine rings is 1. The van der Waals surface area contributed by atoms with Crippen LogP contribution >= 0.6 is 22.7 Å². The molecule has 1 saturated heterocycles. The number of rotatable bonds is 3. The molecule has 1 amide bonds. The van der Waals surface area contributed by atoms with Gasteiger partial charge in [0.15, 0.2) is 0 Å². The highest BCUT2D eigenvalue weighted by Gasteiger charge is 2.22. The first-order chi connectivity index (χ1) is 9.72. The average Bonchev–Trinajstić information content (AvgIpc) is 3.09. The number of thiophene rings is 1. The van der Waals surface area contributed by atoms with E-state index in [0.29, 0.717) is 32.4 Å². The van der Waals surface area contributed by atoms with Crippen molar-refractivity contribution in [3.05, 3.63) is 27.9 Å². The van der Waals surface area contributed by atoms with E-state index in [4.69, 9.17) is 0 Å². The van der Waals surface area contributed by atoms with Crippen LogP contribution in [0.5, 0.6) is 0 Å². The Labute approximate surface area is 125 Å². The van der Waals surface area contributed by atoms with Crippen molar-refractivity contribution in [1.29, 1.82) is 0 Å². The van der Waals surface area contributed by atoms with E-state index in [2.05, 4.69) is 10.4 Å². The quantitative estimate of drug-likeness (QED) is 0.947. The van der Waals surface area contributed by atoms with Crippen molar-refractivity contribution >= 4 is 28.6 Å². The molecule has 2 aromatic heterocycles. The predicted octanol–water partition coefficient (Wildman–Crippen LogP) is 2.40. The molecule has 20 heavy (non-hydrogen) atoms. The molecule has 6 heteroatoms. The molecule has 0 saturated carbocycles. The van der Waals surface area contributed by atoms with Gasteiger partial charge in [0.05, 0.1) is 18.2 Å². The number of thiazole rings is 1. The summed E-state index contributed by atoms with van der Waals surface area (Å²) in [7, 11) is 0. The Morgan fingerprint density at radius 1 is 1.40 bits per heavy atom. The molecule has 1 aliphatic heterocycles. The molecule has 1 N–H and O–H groups in total. The molecule has 0 bridgehead atoms. The highest BCUT2D eigenvalue weighted by molar-refractivity contribution is 7.14. The van der Waals surface area contributed by atoms with E-state index >= 15 is 0 Å². The number of hydrogen-bond donors (Lipinski definition) is 1. The average molecular weight is 308 g/mol. The Balaban J connectivity index is 1.62. The van der Waals surface area contributed by atoms with Gasteiger partial charge in [0.1, 0.15) is 5.01 Å². The number of aliphatic hydroxyl groups is 1. The second-order valence-electron chi connectivity index (χ2n) is 4.94. The molecular weight excluding hydrogens is 292 g/mol. The molecule has 2 aromatic rings. The zero-order valence-electron chi connectivity index (χ0n) is 11.0. The van der Waals surface area contributed by atoms with E-state index in [1.807, 2.05) is 21.7 Å². The van der Waals surface area contributed by atoms with Gasteiger partial charge >= 0.3 is 0 Å². The number of amides is 1. The highest BCUT2D eigenvalue weighted by Crippen LogP contribution is 2.26. The van der Waals surface area contributed by atoms with Gasteiger partial charge in [0.25, 0.3) is 0 Å². The van der Waals surface area contributed by atoms with Crippen LogP contribution in [-0.4, -0.2) is 40.1 Å². The Morgan fingerprint density at radius 3 is 2.90 bits per heavy atom. The standard InChI is InChI=1S/C14H16N2O2S2/c17-12-1-4-16(5-2-12)13(18)7-11-9-20-14(15-11)10-3-6-19-8-10/h3,6,8-9,12,17H,1-2,4-5,7H2. The lowest BCUT2D eigenvalue weighted by atomic mass is 10.1. The van der Waals surface area contributed by atoms with Crippen LogP contribution in [0.15, 0.2) is 22.2 Å². The number of carbonyl (C=O) groups excluding carboxylic acids is 1. The molecule has 1 aliphatic rings. The SMILES string of the molecule is O=C(Cc1csc(-c2ccsc2)n1)N1CCC(O)CC1. The van der Waals surface area contributed by atoms with Crippen LogP contribution in [0, 0.1) is 0 Å². The van der Waals surface area contributed by atoms with Crippen LogP contribution in [-0.2, 0) is 11.2 Å². The van der Waals surface area contributed by atoms with E-state index in [9.17, 15) is 9.90 Å². The molecule has 0 radical (unpaired) electrons. The van der Waals surface area contributed by atoms with Crippen molar-refractivity contribution in [2.75, 3.05) is 13.1 Å². The van der Waals surface area contributed by atoms with E-state index in [1.165, 1.54) is 0 Å². The first-order valence-corrected chi connectivity index (χ1v) is 8.47. The maximum absolute atomic E-state index is 12.2. The fraction of sp³-hybridized carbons (Fsp3) is 0.429. The summed E-state index contributed by atoms with van der Waals surface area (Å²) in [6, 6.07) is 2.04. The van der Waals surface area contributed by atoms with Crippen LogP contribution in [0.25, 0.3) is 10.6 Å². The largest absolute Gasteiger partial charge is 0.393 e. The number of carbonyl (C=O) groups is 1. The molecule has 3 rings (SSSR count). The number of aromatic nitrogens is 1. The Bertz CT molecular complexity index is 572. The minimum Gasteiger partial charge on any atom is -0.393 e. The van der Waals surface area contributed by atoms with Crippen LogP contribution < -0.4 is 0 Å². The Morgan fingerprint density at radius 2 is 2.20 bits per heavy atom. The van der Waals surface area contributed by atoms with Crippen molar-refractivity contribution in [2.45, 2.75) is 25.4 Å². The van der Waals surface area contributed by atoms with E-state index in [0.717, 1.165) is 16.3 Å². The summed E-state index contributed by atoms with van der Waals surface area (Å²) in [6.45, 7) is 1.31. The number of nitrogens with zero attached hydrogens (tertiary/aromatic N) is 2.